The Morgan fingerprint density at radius 1 is 0.947 bits per heavy atom. The second-order valence-corrected chi connectivity index (χ2v) is 10.8. The van der Waals surface area contributed by atoms with Gasteiger partial charge in [-0.1, -0.05) is 6.92 Å². The molecule has 0 aromatic heterocycles. The zero-order chi connectivity index (χ0) is 28.0. The molecule has 3 rings (SSSR count). The van der Waals surface area contributed by atoms with Gasteiger partial charge in [-0.2, -0.15) is 0 Å². The van der Waals surface area contributed by atoms with E-state index < -0.39 is 80.0 Å². The fourth-order valence-electron chi connectivity index (χ4n) is 5.52. The molecule has 3 aliphatic rings. The maximum absolute atomic E-state index is 11.5. The molecule has 2 heterocycles. The number of nitrogens with two attached hydrogens (primary N) is 4. The van der Waals surface area contributed by atoms with Crippen LogP contribution in [-0.4, -0.2) is 131 Å². The lowest BCUT2D eigenvalue weighted by Crippen LogP contribution is -2.66. The van der Waals surface area contributed by atoms with Crippen LogP contribution in [-0.2, 0) is 18.9 Å². The van der Waals surface area contributed by atoms with Gasteiger partial charge in [0.1, 0.15) is 30.5 Å². The van der Waals surface area contributed by atoms with Crippen LogP contribution in [0.25, 0.3) is 0 Å². The van der Waals surface area contributed by atoms with E-state index in [4.69, 9.17) is 41.9 Å². The highest BCUT2D eigenvalue weighted by Gasteiger charge is 2.50. The van der Waals surface area contributed by atoms with Gasteiger partial charge in [0, 0.05) is 19.1 Å². The molecule has 2 unspecified atom stereocenters. The fraction of sp³-hybridized carbons (Fsp3) is 1.00. The predicted molar refractivity (Wildman–Crippen MR) is 136 cm³/mol. The van der Waals surface area contributed by atoms with Gasteiger partial charge in [-0.3, -0.25) is 0 Å². The molecule has 2 aliphatic heterocycles. The average Bonchev–Trinajstić information content (AvgIpc) is 2.91. The molecule has 3 fully saturated rings. The van der Waals surface area contributed by atoms with Gasteiger partial charge >= 0.3 is 0 Å². The second kappa shape index (κ2) is 14.9. The lowest BCUT2D eigenvalue weighted by molar-refractivity contribution is -0.318. The highest BCUT2D eigenvalue weighted by atomic mass is 16.7. The van der Waals surface area contributed by atoms with E-state index in [1.54, 1.807) is 0 Å². The molecule has 0 radical (unpaired) electrons. The van der Waals surface area contributed by atoms with Crippen LogP contribution in [0.5, 0.6) is 0 Å². The van der Waals surface area contributed by atoms with Crippen molar-refractivity contribution in [2.75, 3.05) is 26.2 Å². The van der Waals surface area contributed by atoms with Crippen LogP contribution < -0.4 is 28.3 Å². The molecule has 1 saturated carbocycles. The van der Waals surface area contributed by atoms with Crippen molar-refractivity contribution in [3.8, 4) is 0 Å². The minimum Gasteiger partial charge on any atom is -0.394 e. The molecule has 2 saturated heterocycles. The van der Waals surface area contributed by atoms with Crippen molar-refractivity contribution in [1.29, 1.82) is 0 Å². The first-order valence-corrected chi connectivity index (χ1v) is 13.7. The summed E-state index contributed by atoms with van der Waals surface area (Å²) in [7, 11) is 0. The van der Waals surface area contributed by atoms with Crippen LogP contribution in [0.3, 0.4) is 0 Å². The normalized spacial score (nSPS) is 45.2. The van der Waals surface area contributed by atoms with Crippen LogP contribution in [0.2, 0.25) is 0 Å². The van der Waals surface area contributed by atoms with Crippen molar-refractivity contribution >= 4 is 0 Å². The van der Waals surface area contributed by atoms with E-state index in [1.165, 1.54) is 0 Å². The van der Waals surface area contributed by atoms with E-state index in [0.717, 1.165) is 13.0 Å². The maximum atomic E-state index is 11.5. The number of likely N-dealkylation sites (N-methyl/N-ethyl adjacent to an activating group) is 1. The Morgan fingerprint density at radius 3 is 2.32 bits per heavy atom. The smallest absolute Gasteiger partial charge is 0.186 e. The molecule has 0 spiro atoms. The Balaban J connectivity index is 1.76. The highest BCUT2D eigenvalue weighted by Crippen LogP contribution is 2.36. The van der Waals surface area contributed by atoms with Gasteiger partial charge in [0.2, 0.25) is 0 Å². The molecule has 0 aromatic rings. The zero-order valence-electron chi connectivity index (χ0n) is 22.1. The van der Waals surface area contributed by atoms with Gasteiger partial charge in [-0.15, -0.1) is 0 Å². The molecule has 0 amide bonds. The third-order valence-electron chi connectivity index (χ3n) is 7.92. The van der Waals surface area contributed by atoms with E-state index in [2.05, 4.69) is 5.32 Å². The summed E-state index contributed by atoms with van der Waals surface area (Å²) in [5.74, 6) is -0.352. The molecule has 0 aromatic carbocycles. The van der Waals surface area contributed by atoms with Crippen LogP contribution in [0.1, 0.15) is 39.0 Å². The highest BCUT2D eigenvalue weighted by molar-refractivity contribution is 4.99. The Hall–Kier alpha value is -0.560. The van der Waals surface area contributed by atoms with Gasteiger partial charge in [0.15, 0.2) is 12.6 Å². The quantitative estimate of drug-likeness (QED) is 0.110. The molecule has 14 atom stereocenters. The third kappa shape index (κ3) is 7.79. The lowest BCUT2D eigenvalue weighted by atomic mass is 9.77. The molecule has 224 valence electrons. The van der Waals surface area contributed by atoms with Crippen molar-refractivity contribution in [1.82, 2.24) is 5.32 Å². The minimum absolute atomic E-state index is 0.0823. The van der Waals surface area contributed by atoms with E-state index in [0.29, 0.717) is 32.2 Å². The number of hydrogen-bond donors (Lipinski definition) is 10. The van der Waals surface area contributed by atoms with Crippen LogP contribution in [0.15, 0.2) is 0 Å². The fourth-order valence-corrected chi connectivity index (χ4v) is 5.52. The molecular formula is C24H49N5O9. The van der Waals surface area contributed by atoms with Crippen LogP contribution in [0, 0.1) is 5.92 Å². The summed E-state index contributed by atoms with van der Waals surface area (Å²) < 4.78 is 24.0. The molecule has 1 aliphatic carbocycles. The summed E-state index contributed by atoms with van der Waals surface area (Å²) in [6, 6.07) is -2.14. The van der Waals surface area contributed by atoms with E-state index in [1.807, 2.05) is 6.92 Å². The van der Waals surface area contributed by atoms with Crippen LogP contribution in [0.4, 0.5) is 0 Å². The summed E-state index contributed by atoms with van der Waals surface area (Å²) in [4.78, 5) is 0. The standard InChI is InChI=1S/C24H49N5O9/c1-2-29-9-13-5-6-14(26)23(35-13)38-22-15(27)7-11(3-4-12(31)8-25)21(20(22)34)37-24-19(33)17(28)18(32)16(10-30)36-24/h11-24,29-34H,2-10,25-28H2,1H3/t11-,12?,13+,14-,15+,16-,17+,18-,19-,20-,21+,22?,23-,24-/m1/s1. The molecule has 14 N–H and O–H groups in total. The average molecular weight is 552 g/mol. The second-order valence-electron chi connectivity index (χ2n) is 10.8. The van der Waals surface area contributed by atoms with Crippen molar-refractivity contribution in [2.24, 2.45) is 28.9 Å². The van der Waals surface area contributed by atoms with Crippen LogP contribution >= 0.6 is 0 Å². The first kappa shape index (κ1) is 32.0. The third-order valence-corrected chi connectivity index (χ3v) is 7.92. The largest absolute Gasteiger partial charge is 0.394 e. The maximum Gasteiger partial charge on any atom is 0.186 e. The first-order valence-electron chi connectivity index (χ1n) is 13.7. The number of rotatable bonds is 12. The summed E-state index contributed by atoms with van der Waals surface area (Å²) in [5.41, 5.74) is 24.3. The van der Waals surface area contributed by atoms with Gasteiger partial charge in [-0.25, -0.2) is 0 Å². The molecule has 14 nitrogen and oxygen atoms in total. The lowest BCUT2D eigenvalue weighted by Gasteiger charge is -2.48. The van der Waals surface area contributed by atoms with E-state index in [-0.39, 0.29) is 18.6 Å². The SMILES string of the molecule is CCNC[C@@H]1CC[C@@H](N)[C@@H](OC2[C@@H](N)C[C@@H](CCC(O)CN)[C@H](O[C@H]3O[C@H](CO)[C@@H](O)[C@H](N)[C@H]3O)[C@H]2O)O1. The Labute approximate surface area is 223 Å². The first-order chi connectivity index (χ1) is 18.1. The summed E-state index contributed by atoms with van der Waals surface area (Å²) in [5, 5.41) is 55.2. The minimum atomic E-state index is -1.42. The number of aliphatic hydroxyl groups excluding tert-OH is 5. The number of hydrogen-bond acceptors (Lipinski definition) is 14. The topological polar surface area (TPSA) is 254 Å². The number of aliphatic hydroxyl groups is 5. The van der Waals surface area contributed by atoms with Crippen molar-refractivity contribution in [3.63, 3.8) is 0 Å². The zero-order valence-corrected chi connectivity index (χ0v) is 22.1. The van der Waals surface area contributed by atoms with E-state index in [9.17, 15) is 25.5 Å². The van der Waals surface area contributed by atoms with Crippen molar-refractivity contribution in [2.45, 2.75) is 119 Å². The van der Waals surface area contributed by atoms with Gasteiger partial charge in [-0.05, 0) is 44.6 Å². The Bertz CT molecular complexity index is 696. The van der Waals surface area contributed by atoms with Gasteiger partial charge in [0.05, 0.1) is 37.0 Å². The summed E-state index contributed by atoms with van der Waals surface area (Å²) in [6.45, 7) is 3.00. The van der Waals surface area contributed by atoms with E-state index >= 15 is 0 Å². The molecule has 38 heavy (non-hydrogen) atoms. The molecule has 0 bridgehead atoms. The predicted octanol–water partition coefficient (Wildman–Crippen LogP) is -4.23. The monoisotopic (exact) mass is 551 g/mol. The van der Waals surface area contributed by atoms with Gasteiger partial charge < -0.3 is 72.7 Å². The summed E-state index contributed by atoms with van der Waals surface area (Å²) >= 11 is 0. The molecule has 14 heteroatoms. The molecular weight excluding hydrogens is 502 g/mol. The number of nitrogens with one attached hydrogen (secondary N) is 1. The van der Waals surface area contributed by atoms with Gasteiger partial charge in [0.25, 0.3) is 0 Å². The number of ether oxygens (including phenoxy) is 4. The Kier molecular flexibility index (Phi) is 12.5. The summed E-state index contributed by atoms with van der Waals surface area (Å²) in [6.07, 6.45) is -7.26. The van der Waals surface area contributed by atoms with Crippen molar-refractivity contribution < 1.29 is 44.5 Å². The van der Waals surface area contributed by atoms with Crippen molar-refractivity contribution in [3.05, 3.63) is 0 Å². The Morgan fingerprint density at radius 2 is 1.66 bits per heavy atom.